The number of aliphatic carboxylic acids is 1. The molecular formula is C38H76O4S. The molecule has 0 unspecified atom stereocenters. The molecule has 4 nitrogen and oxygen atoms in total. The van der Waals surface area contributed by atoms with Crippen molar-refractivity contribution in [1.29, 1.82) is 0 Å². The van der Waals surface area contributed by atoms with Crippen LogP contribution in [0.2, 0.25) is 0 Å². The highest BCUT2D eigenvalue weighted by molar-refractivity contribution is 7.95. The standard InChI is InChI=1S/C35H70O2S.C3H6O2/c1-3-5-6-7-8-9-10-11-12-13-14-15-16-17-18-19-20-21-22-23-24-25-26-27-28-29-30-31-32-33-34-38-37-35(36)4-2;1-2-3(4)5/h3-34H2,1-2H3;2H2,1H3,(H,4,5). The molecule has 0 bridgehead atoms. The van der Waals surface area contributed by atoms with Crippen LogP contribution >= 0.6 is 12.0 Å². The van der Waals surface area contributed by atoms with Crippen LogP contribution in [-0.2, 0) is 13.8 Å². The van der Waals surface area contributed by atoms with Crippen molar-refractivity contribution in [3.63, 3.8) is 0 Å². The number of hydrogen-bond acceptors (Lipinski definition) is 4. The minimum absolute atomic E-state index is 0.0967. The molecule has 0 aromatic carbocycles. The van der Waals surface area contributed by atoms with Gasteiger partial charge in [0.15, 0.2) is 0 Å². The minimum atomic E-state index is -0.745. The van der Waals surface area contributed by atoms with E-state index in [1.54, 1.807) is 6.92 Å². The van der Waals surface area contributed by atoms with E-state index < -0.39 is 5.97 Å². The van der Waals surface area contributed by atoms with Gasteiger partial charge in [0, 0.05) is 18.6 Å². The molecule has 0 aromatic heterocycles. The third-order valence-corrected chi connectivity index (χ3v) is 9.08. The first-order valence-electron chi connectivity index (χ1n) is 19.1. The highest BCUT2D eigenvalue weighted by atomic mass is 32.2. The molecule has 0 amide bonds. The molecule has 0 fully saturated rings. The van der Waals surface area contributed by atoms with Crippen LogP contribution in [0.25, 0.3) is 0 Å². The molecule has 1 N–H and O–H groups in total. The molecule has 0 saturated heterocycles. The molecule has 0 spiro atoms. The van der Waals surface area contributed by atoms with Crippen LogP contribution in [0.3, 0.4) is 0 Å². The van der Waals surface area contributed by atoms with E-state index in [1.807, 2.05) is 6.92 Å². The number of unbranched alkanes of at least 4 members (excludes halogenated alkanes) is 29. The number of carbonyl (C=O) groups is 2. The first-order valence-corrected chi connectivity index (χ1v) is 20.0. The van der Waals surface area contributed by atoms with E-state index in [9.17, 15) is 9.59 Å². The quantitative estimate of drug-likeness (QED) is 0.0567. The number of carboxylic acids is 1. The van der Waals surface area contributed by atoms with Crippen molar-refractivity contribution in [1.82, 2.24) is 0 Å². The number of carboxylic acid groups (broad SMARTS) is 1. The molecule has 0 aliphatic heterocycles. The summed E-state index contributed by atoms with van der Waals surface area (Å²) in [7, 11) is 0. The van der Waals surface area contributed by atoms with Gasteiger partial charge >= 0.3 is 11.9 Å². The van der Waals surface area contributed by atoms with Crippen molar-refractivity contribution < 1.29 is 18.9 Å². The van der Waals surface area contributed by atoms with Crippen molar-refractivity contribution in [3.8, 4) is 0 Å². The molecule has 0 rings (SSSR count). The molecule has 0 aliphatic rings. The highest BCUT2D eigenvalue weighted by Gasteiger charge is 1.99. The highest BCUT2D eigenvalue weighted by Crippen LogP contribution is 2.17. The molecule has 0 aromatic rings. The van der Waals surface area contributed by atoms with Crippen molar-refractivity contribution in [2.75, 3.05) is 5.75 Å². The zero-order chi connectivity index (χ0) is 31.9. The van der Waals surface area contributed by atoms with Gasteiger partial charge in [-0.3, -0.25) is 9.59 Å². The van der Waals surface area contributed by atoms with E-state index in [1.165, 1.54) is 205 Å². The zero-order valence-corrected chi connectivity index (χ0v) is 30.2. The van der Waals surface area contributed by atoms with Crippen molar-refractivity contribution in [3.05, 3.63) is 0 Å². The van der Waals surface area contributed by atoms with Gasteiger partial charge in [0.2, 0.25) is 0 Å². The lowest BCUT2D eigenvalue weighted by Crippen LogP contribution is -1.96. The Kier molecular flexibility index (Phi) is 42.6. The van der Waals surface area contributed by atoms with Crippen LogP contribution < -0.4 is 0 Å². The number of rotatable bonds is 34. The zero-order valence-electron chi connectivity index (χ0n) is 29.4. The Labute approximate surface area is 274 Å². The average molecular weight is 629 g/mol. The summed E-state index contributed by atoms with van der Waals surface area (Å²) in [5.74, 6) is 0.108. The summed E-state index contributed by atoms with van der Waals surface area (Å²) >= 11 is 1.33. The van der Waals surface area contributed by atoms with Gasteiger partial charge in [0.25, 0.3) is 0 Å². The van der Waals surface area contributed by atoms with E-state index in [-0.39, 0.29) is 12.4 Å². The minimum Gasteiger partial charge on any atom is -0.481 e. The molecule has 0 saturated carbocycles. The lowest BCUT2D eigenvalue weighted by molar-refractivity contribution is -0.136. The second-order valence-electron chi connectivity index (χ2n) is 12.6. The summed E-state index contributed by atoms with van der Waals surface area (Å²) < 4.78 is 5.03. The number of carbonyl (C=O) groups excluding carboxylic acids is 1. The van der Waals surface area contributed by atoms with Crippen molar-refractivity contribution in [2.45, 2.75) is 226 Å². The van der Waals surface area contributed by atoms with Crippen LogP contribution in [0.4, 0.5) is 0 Å². The average Bonchev–Trinajstić information content (AvgIpc) is 3.01. The molecule has 0 aliphatic carbocycles. The summed E-state index contributed by atoms with van der Waals surface area (Å²) in [6, 6.07) is 0. The van der Waals surface area contributed by atoms with E-state index in [0.717, 1.165) is 5.75 Å². The second-order valence-corrected chi connectivity index (χ2v) is 13.4. The fourth-order valence-electron chi connectivity index (χ4n) is 5.35. The Hall–Kier alpha value is -0.710. The Morgan fingerprint density at radius 3 is 0.860 bits per heavy atom. The maximum atomic E-state index is 11.0. The van der Waals surface area contributed by atoms with Gasteiger partial charge in [-0.15, -0.1) is 0 Å². The van der Waals surface area contributed by atoms with Gasteiger partial charge in [-0.05, 0) is 6.42 Å². The monoisotopic (exact) mass is 629 g/mol. The summed E-state index contributed by atoms with van der Waals surface area (Å²) in [5.41, 5.74) is 0. The van der Waals surface area contributed by atoms with Gasteiger partial charge in [-0.2, -0.15) is 0 Å². The van der Waals surface area contributed by atoms with Crippen LogP contribution in [-0.4, -0.2) is 22.8 Å². The van der Waals surface area contributed by atoms with Crippen LogP contribution in [0.5, 0.6) is 0 Å². The second kappa shape index (κ2) is 41.3. The molecular weight excluding hydrogens is 552 g/mol. The van der Waals surface area contributed by atoms with Gasteiger partial charge < -0.3 is 9.29 Å². The van der Waals surface area contributed by atoms with E-state index in [0.29, 0.717) is 6.42 Å². The fourth-order valence-corrected chi connectivity index (χ4v) is 6.00. The molecule has 5 heteroatoms. The summed E-state index contributed by atoms with van der Waals surface area (Å²) in [6.07, 6.45) is 43.8. The van der Waals surface area contributed by atoms with Crippen LogP contribution in [0.1, 0.15) is 226 Å². The molecule has 43 heavy (non-hydrogen) atoms. The fraction of sp³-hybridized carbons (Fsp3) is 0.947. The normalized spacial score (nSPS) is 10.9. The third-order valence-electron chi connectivity index (χ3n) is 8.32. The topological polar surface area (TPSA) is 63.6 Å². The Morgan fingerprint density at radius 2 is 0.651 bits per heavy atom. The van der Waals surface area contributed by atoms with Gasteiger partial charge in [0.1, 0.15) is 0 Å². The first kappa shape index (κ1) is 44.4. The Bertz CT molecular complexity index is 540. The van der Waals surface area contributed by atoms with Crippen molar-refractivity contribution >= 4 is 24.0 Å². The Balaban J connectivity index is 0. The predicted octanol–water partition coefficient (Wildman–Crippen LogP) is 13.8. The summed E-state index contributed by atoms with van der Waals surface area (Å²) in [6.45, 7) is 5.74. The maximum Gasteiger partial charge on any atom is 0.317 e. The third kappa shape index (κ3) is 45.8. The van der Waals surface area contributed by atoms with Crippen molar-refractivity contribution in [2.24, 2.45) is 0 Å². The van der Waals surface area contributed by atoms with E-state index >= 15 is 0 Å². The smallest absolute Gasteiger partial charge is 0.317 e. The van der Waals surface area contributed by atoms with Gasteiger partial charge in [0.05, 0.1) is 12.0 Å². The van der Waals surface area contributed by atoms with E-state index in [4.69, 9.17) is 9.29 Å². The SMILES string of the molecule is CCC(=O)O.CCCCCCCCCCCCCCCCCCCCCCCCCCCCCCCCSOC(=O)CC. The lowest BCUT2D eigenvalue weighted by Gasteiger charge is -2.05. The molecule has 258 valence electrons. The Morgan fingerprint density at radius 1 is 0.419 bits per heavy atom. The lowest BCUT2D eigenvalue weighted by atomic mass is 10.0. The molecule has 0 atom stereocenters. The van der Waals surface area contributed by atoms with Gasteiger partial charge in [-0.25, -0.2) is 0 Å². The van der Waals surface area contributed by atoms with Crippen LogP contribution in [0.15, 0.2) is 0 Å². The molecule has 0 heterocycles. The molecule has 0 radical (unpaired) electrons. The predicted molar refractivity (Wildman–Crippen MR) is 191 cm³/mol. The summed E-state index contributed by atoms with van der Waals surface area (Å²) in [4.78, 5) is 20.4. The first-order chi connectivity index (χ1) is 21.1. The summed E-state index contributed by atoms with van der Waals surface area (Å²) in [5, 5.41) is 7.72. The maximum absolute atomic E-state index is 11.0. The number of hydrogen-bond donors (Lipinski definition) is 1. The van der Waals surface area contributed by atoms with E-state index in [2.05, 4.69) is 6.92 Å². The van der Waals surface area contributed by atoms with Gasteiger partial charge in [-0.1, -0.05) is 207 Å². The van der Waals surface area contributed by atoms with Crippen LogP contribution in [0, 0.1) is 0 Å². The largest absolute Gasteiger partial charge is 0.481 e.